The Balaban J connectivity index is 1.47. The Morgan fingerprint density at radius 3 is 2.24 bits per heavy atom. The van der Waals surface area contributed by atoms with Crippen molar-refractivity contribution in [2.24, 2.45) is 0 Å². The molecule has 0 fully saturated rings. The van der Waals surface area contributed by atoms with Gasteiger partial charge in [0.1, 0.15) is 36.4 Å². The van der Waals surface area contributed by atoms with Gasteiger partial charge in [-0.3, -0.25) is 14.4 Å². The number of amides is 3. The summed E-state index contributed by atoms with van der Waals surface area (Å²) in [6.45, 7) is 2.64. The van der Waals surface area contributed by atoms with Gasteiger partial charge in [-0.15, -0.1) is 0 Å². The van der Waals surface area contributed by atoms with Gasteiger partial charge in [0.05, 0.1) is 11.1 Å². The molecule has 4 rings (SSSR count). The molecule has 9 nitrogen and oxygen atoms in total. The second-order valence-electron chi connectivity index (χ2n) is 9.32. The molecule has 0 aliphatic heterocycles. The van der Waals surface area contributed by atoms with Crippen molar-refractivity contribution in [3.8, 4) is 17.6 Å². The van der Waals surface area contributed by atoms with E-state index in [1.807, 2.05) is 6.07 Å². The maximum absolute atomic E-state index is 13.4. The molecule has 0 atom stereocenters. The van der Waals surface area contributed by atoms with Gasteiger partial charge in [0.15, 0.2) is 17.5 Å². The third kappa shape index (κ3) is 7.02. The molecule has 12 heteroatoms. The van der Waals surface area contributed by atoms with Crippen LogP contribution in [0.15, 0.2) is 60.7 Å². The number of nitriles is 1. The highest BCUT2D eigenvalue weighted by molar-refractivity contribution is 6.03. The summed E-state index contributed by atoms with van der Waals surface area (Å²) >= 11 is 0. The number of carbonyl (C=O) groups excluding carboxylic acids is 3. The molecule has 3 N–H and O–H groups in total. The van der Waals surface area contributed by atoms with E-state index in [9.17, 15) is 32.8 Å². The summed E-state index contributed by atoms with van der Waals surface area (Å²) in [7, 11) is 0. The van der Waals surface area contributed by atoms with E-state index in [0.29, 0.717) is 34.3 Å². The molecule has 0 bridgehead atoms. The summed E-state index contributed by atoms with van der Waals surface area (Å²) in [4.78, 5) is 42.7. The van der Waals surface area contributed by atoms with Gasteiger partial charge >= 0.3 is 0 Å². The molecule has 0 unspecified atom stereocenters. The van der Waals surface area contributed by atoms with E-state index in [2.05, 4.69) is 15.6 Å². The SMILES string of the molecule is CC(C)NC(=O)CN(CC(=O)Nc1ccc(Oc2cc(F)c(F)c(F)c2)cc1)C(=O)c1cc2cccc(C#N)c2[nH]1. The predicted octanol–water partition coefficient (Wildman–Crippen LogP) is 4.85. The maximum Gasteiger partial charge on any atom is 0.271 e. The fraction of sp³-hybridized carbons (Fsp3) is 0.172. The monoisotopic (exact) mass is 563 g/mol. The summed E-state index contributed by atoms with van der Waals surface area (Å²) in [6.07, 6.45) is 0. The molecule has 3 aromatic carbocycles. The number of aromatic amines is 1. The normalized spacial score (nSPS) is 10.8. The van der Waals surface area contributed by atoms with E-state index in [4.69, 9.17) is 4.74 Å². The minimum atomic E-state index is -1.61. The molecular weight excluding hydrogens is 539 g/mol. The molecule has 4 aromatic rings. The average Bonchev–Trinajstić information content (AvgIpc) is 3.36. The largest absolute Gasteiger partial charge is 0.457 e. The number of rotatable bonds is 9. The van der Waals surface area contributed by atoms with Gasteiger partial charge in [0.25, 0.3) is 5.91 Å². The Hall–Kier alpha value is -5.31. The van der Waals surface area contributed by atoms with Crippen LogP contribution in [0, 0.1) is 28.8 Å². The number of anilines is 1. The number of carbonyl (C=O) groups is 3. The number of ether oxygens (including phenoxy) is 1. The first-order chi connectivity index (χ1) is 19.5. The lowest BCUT2D eigenvalue weighted by Gasteiger charge is -2.22. The molecule has 0 saturated carbocycles. The molecule has 0 aliphatic rings. The Morgan fingerprint density at radius 1 is 0.951 bits per heavy atom. The molecular formula is C29H24F3N5O4. The van der Waals surface area contributed by atoms with Crippen LogP contribution in [0.2, 0.25) is 0 Å². The summed E-state index contributed by atoms with van der Waals surface area (Å²) in [5.74, 6) is -6.21. The summed E-state index contributed by atoms with van der Waals surface area (Å²) in [5, 5.41) is 15.3. The van der Waals surface area contributed by atoms with Crippen molar-refractivity contribution < 1.29 is 32.3 Å². The van der Waals surface area contributed by atoms with Gasteiger partial charge in [-0.2, -0.15) is 5.26 Å². The van der Waals surface area contributed by atoms with Gasteiger partial charge < -0.3 is 25.3 Å². The summed E-state index contributed by atoms with van der Waals surface area (Å²) in [5.41, 5.74) is 1.21. The van der Waals surface area contributed by atoms with E-state index in [1.54, 1.807) is 38.1 Å². The quantitative estimate of drug-likeness (QED) is 0.251. The zero-order valence-electron chi connectivity index (χ0n) is 21.9. The predicted molar refractivity (Wildman–Crippen MR) is 144 cm³/mol. The molecule has 0 spiro atoms. The zero-order valence-corrected chi connectivity index (χ0v) is 21.9. The van der Waals surface area contributed by atoms with Crippen LogP contribution in [0.1, 0.15) is 29.9 Å². The maximum atomic E-state index is 13.4. The van der Waals surface area contributed by atoms with Crippen LogP contribution >= 0.6 is 0 Å². The van der Waals surface area contributed by atoms with Crippen LogP contribution in [0.5, 0.6) is 11.5 Å². The minimum absolute atomic E-state index is 0.100. The number of fused-ring (bicyclic) bond motifs is 1. The fourth-order valence-corrected chi connectivity index (χ4v) is 3.98. The van der Waals surface area contributed by atoms with Crippen LogP contribution in [-0.2, 0) is 9.59 Å². The second kappa shape index (κ2) is 12.3. The minimum Gasteiger partial charge on any atom is -0.457 e. The number of hydrogen-bond donors (Lipinski definition) is 3. The number of nitrogens with zero attached hydrogens (tertiary/aromatic N) is 2. The number of halogens is 3. The third-order valence-electron chi connectivity index (χ3n) is 5.74. The smallest absolute Gasteiger partial charge is 0.271 e. The van der Waals surface area contributed by atoms with Crippen LogP contribution in [-0.4, -0.2) is 46.7 Å². The number of para-hydroxylation sites is 1. The second-order valence-corrected chi connectivity index (χ2v) is 9.32. The molecule has 3 amide bonds. The zero-order chi connectivity index (χ0) is 29.7. The number of aromatic nitrogens is 1. The number of benzene rings is 3. The highest BCUT2D eigenvalue weighted by atomic mass is 19.2. The standard InChI is InChI=1S/C29H24F3N5O4/c1-16(2)34-25(38)14-37(29(40)24-10-17-4-3-5-18(13-33)28(17)36-24)15-26(39)35-19-6-8-20(9-7-19)41-21-11-22(30)27(32)23(31)12-21/h3-12,16,36H,14-15H2,1-2H3,(H,34,38)(H,35,39). The van der Waals surface area contributed by atoms with Crippen molar-refractivity contribution in [2.45, 2.75) is 19.9 Å². The summed E-state index contributed by atoms with van der Waals surface area (Å²) in [6, 6.07) is 15.5. The number of nitrogens with one attached hydrogen (secondary N) is 3. The Bertz CT molecular complexity index is 1640. The van der Waals surface area contributed by atoms with Crippen molar-refractivity contribution in [2.75, 3.05) is 18.4 Å². The topological polar surface area (TPSA) is 127 Å². The third-order valence-corrected chi connectivity index (χ3v) is 5.74. The van der Waals surface area contributed by atoms with Crippen molar-refractivity contribution >= 4 is 34.3 Å². The lowest BCUT2D eigenvalue weighted by Crippen LogP contribution is -2.45. The molecule has 1 aromatic heterocycles. The van der Waals surface area contributed by atoms with Crippen molar-refractivity contribution in [3.05, 3.63) is 89.4 Å². The van der Waals surface area contributed by atoms with E-state index in [-0.39, 0.29) is 23.2 Å². The fourth-order valence-electron chi connectivity index (χ4n) is 3.98. The van der Waals surface area contributed by atoms with Crippen LogP contribution in [0.4, 0.5) is 18.9 Å². The van der Waals surface area contributed by atoms with E-state index in [0.717, 1.165) is 4.90 Å². The molecule has 210 valence electrons. The van der Waals surface area contributed by atoms with E-state index in [1.165, 1.54) is 24.3 Å². The van der Waals surface area contributed by atoms with E-state index < -0.39 is 48.3 Å². The summed E-state index contributed by atoms with van der Waals surface area (Å²) < 4.78 is 45.4. The Morgan fingerprint density at radius 2 is 1.61 bits per heavy atom. The molecule has 0 aliphatic carbocycles. The van der Waals surface area contributed by atoms with Crippen molar-refractivity contribution in [1.82, 2.24) is 15.2 Å². The van der Waals surface area contributed by atoms with Crippen LogP contribution in [0.25, 0.3) is 10.9 Å². The number of hydrogen-bond acceptors (Lipinski definition) is 5. The van der Waals surface area contributed by atoms with Gasteiger partial charge in [-0.05, 0) is 50.2 Å². The van der Waals surface area contributed by atoms with Crippen molar-refractivity contribution in [1.29, 1.82) is 5.26 Å². The Kier molecular flexibility index (Phi) is 8.57. The van der Waals surface area contributed by atoms with Crippen LogP contribution in [0.3, 0.4) is 0 Å². The van der Waals surface area contributed by atoms with E-state index >= 15 is 0 Å². The van der Waals surface area contributed by atoms with Crippen LogP contribution < -0.4 is 15.4 Å². The first-order valence-electron chi connectivity index (χ1n) is 12.4. The highest BCUT2D eigenvalue weighted by Gasteiger charge is 2.24. The molecule has 1 heterocycles. The highest BCUT2D eigenvalue weighted by Crippen LogP contribution is 2.26. The van der Waals surface area contributed by atoms with Crippen molar-refractivity contribution in [3.63, 3.8) is 0 Å². The average molecular weight is 564 g/mol. The molecule has 0 saturated heterocycles. The van der Waals surface area contributed by atoms with Gasteiger partial charge in [-0.1, -0.05) is 12.1 Å². The van der Waals surface area contributed by atoms with Gasteiger partial charge in [0.2, 0.25) is 11.8 Å². The number of H-pyrrole nitrogens is 1. The molecule has 41 heavy (non-hydrogen) atoms. The lowest BCUT2D eigenvalue weighted by molar-refractivity contribution is -0.123. The first kappa shape index (κ1) is 28.7. The first-order valence-corrected chi connectivity index (χ1v) is 12.4. The molecule has 0 radical (unpaired) electrons. The van der Waals surface area contributed by atoms with Gasteiger partial charge in [-0.25, -0.2) is 13.2 Å². The Labute approximate surface area is 232 Å². The lowest BCUT2D eigenvalue weighted by atomic mass is 10.1. The van der Waals surface area contributed by atoms with Gasteiger partial charge in [0, 0.05) is 29.2 Å².